The van der Waals surface area contributed by atoms with Gasteiger partial charge in [-0.2, -0.15) is 0 Å². The second-order valence-corrected chi connectivity index (χ2v) is 16.4. The molecule has 3 aromatic carbocycles. The first-order chi connectivity index (χ1) is 21.4. The molecule has 4 aromatic heterocycles. The van der Waals surface area contributed by atoms with Crippen LogP contribution in [0, 0.1) is 25.9 Å². The van der Waals surface area contributed by atoms with Gasteiger partial charge in [-0.25, -0.2) is 4.98 Å². The molecule has 0 N–H and O–H groups in total. The van der Waals surface area contributed by atoms with E-state index in [-0.39, 0.29) is 20.1 Å². The third-order valence-electron chi connectivity index (χ3n) is 7.35. The first-order valence-corrected chi connectivity index (χ1v) is 17.6. The fraction of sp³-hybridized carbons (Fsp3) is 0.194. The summed E-state index contributed by atoms with van der Waals surface area (Å²) in [5, 5.41) is 3.38. The summed E-state index contributed by atoms with van der Waals surface area (Å²) in [5.74, 6) is 0.880. The molecule has 0 aliphatic heterocycles. The monoisotopic (exact) mass is 762 g/mol. The molecule has 0 aliphatic carbocycles. The van der Waals surface area contributed by atoms with Crippen molar-refractivity contribution < 1.29 is 28.6 Å². The maximum Gasteiger partial charge on any atom is 0.216 e. The largest absolute Gasteiger partial charge is 0.486 e. The van der Waals surface area contributed by atoms with Crippen LogP contribution in [0.5, 0.6) is 0 Å². The molecule has 0 fully saturated rings. The predicted octanol–water partition coefficient (Wildman–Crippen LogP) is 8.53. The van der Waals surface area contributed by atoms with Gasteiger partial charge in [-0.1, -0.05) is 61.7 Å². The molecule has 0 unspecified atom stereocenters. The van der Waals surface area contributed by atoms with E-state index in [1.54, 1.807) is 12.1 Å². The number of aromatic nitrogens is 4. The molecule has 0 atom stereocenters. The minimum atomic E-state index is -2.08. The van der Waals surface area contributed by atoms with Crippen molar-refractivity contribution in [1.82, 2.24) is 19.5 Å². The third-order valence-corrected chi connectivity index (χ3v) is 9.38. The van der Waals surface area contributed by atoms with Crippen LogP contribution in [0.25, 0.3) is 55.7 Å². The van der Waals surface area contributed by atoms with Crippen molar-refractivity contribution >= 4 is 46.4 Å². The van der Waals surface area contributed by atoms with Gasteiger partial charge in [-0.15, -0.1) is 53.6 Å². The Balaban J connectivity index is 0.000000182. The van der Waals surface area contributed by atoms with E-state index < -0.39 is 14.9 Å². The topological polar surface area (TPSA) is 56.7 Å². The number of hydrogen-bond acceptors (Lipinski definition) is 4. The van der Waals surface area contributed by atoms with Crippen molar-refractivity contribution in [3.8, 4) is 22.6 Å². The van der Waals surface area contributed by atoms with Gasteiger partial charge in [-0.3, -0.25) is 4.98 Å². The van der Waals surface area contributed by atoms with Crippen LogP contribution in [-0.2, 0) is 26.7 Å². The number of nitrogens with zero attached hydrogens (tertiary/aromatic N) is 4. The number of para-hydroxylation sites is 2. The van der Waals surface area contributed by atoms with Crippen molar-refractivity contribution in [2.45, 2.75) is 46.9 Å². The van der Waals surface area contributed by atoms with E-state index in [2.05, 4.69) is 71.4 Å². The number of aryl methyl sites for hydroxylation is 3. The Labute approximate surface area is 271 Å². The predicted molar refractivity (Wildman–Crippen MR) is 176 cm³/mol. The molecule has 0 aliphatic rings. The molecule has 0 saturated carbocycles. The van der Waals surface area contributed by atoms with E-state index in [1.807, 2.05) is 55.6 Å². The van der Waals surface area contributed by atoms with Crippen LogP contribution >= 0.6 is 0 Å². The van der Waals surface area contributed by atoms with Gasteiger partial charge in [0.05, 0.1) is 30.5 Å². The van der Waals surface area contributed by atoms with Crippen LogP contribution in [0.1, 0.15) is 22.3 Å². The summed E-state index contributed by atoms with van der Waals surface area (Å²) in [7, 11) is -1.34. The Kier molecular flexibility index (Phi) is 7.68. The second-order valence-electron chi connectivity index (χ2n) is 11.3. The first kappa shape index (κ1) is 26.7. The average molecular weight is 762 g/mol. The molecular weight excluding hydrogens is 725 g/mol. The molecular formula is C36H34IrN4OSi-2. The van der Waals surface area contributed by atoms with Gasteiger partial charge in [-0.05, 0) is 49.0 Å². The molecule has 7 rings (SSSR count). The van der Waals surface area contributed by atoms with Crippen molar-refractivity contribution in [1.29, 1.82) is 0 Å². The van der Waals surface area contributed by atoms with Crippen molar-refractivity contribution in [3.63, 3.8) is 0 Å². The third kappa shape index (κ3) is 6.11. The normalized spacial score (nSPS) is 12.7. The number of hydrogen-bond donors (Lipinski definition) is 0. The van der Waals surface area contributed by atoms with Crippen LogP contribution in [0.2, 0.25) is 19.6 Å². The Morgan fingerprint density at radius 1 is 0.930 bits per heavy atom. The van der Waals surface area contributed by atoms with E-state index in [9.17, 15) is 0 Å². The van der Waals surface area contributed by atoms with Gasteiger partial charge in [0.2, 0.25) is 5.71 Å². The van der Waals surface area contributed by atoms with Gasteiger partial charge in [0, 0.05) is 48.0 Å². The molecule has 5 nitrogen and oxygen atoms in total. The van der Waals surface area contributed by atoms with Gasteiger partial charge in [0.25, 0.3) is 0 Å². The average Bonchev–Trinajstić information content (AvgIpc) is 3.58. The van der Waals surface area contributed by atoms with E-state index in [0.29, 0.717) is 11.3 Å². The van der Waals surface area contributed by atoms with Gasteiger partial charge < -0.3 is 14.0 Å². The molecule has 7 heteroatoms. The van der Waals surface area contributed by atoms with Crippen molar-refractivity contribution in [2.24, 2.45) is 0 Å². The zero-order valence-corrected chi connectivity index (χ0v) is 28.2. The van der Waals surface area contributed by atoms with Gasteiger partial charge in [0.15, 0.2) is 0 Å². The number of fused-ring (bicyclic) bond motifs is 4. The Bertz CT molecular complexity index is 2080. The number of rotatable bonds is 4. The Hall–Kier alpha value is -3.90. The van der Waals surface area contributed by atoms with Crippen LogP contribution in [0.3, 0.4) is 0 Å². The molecule has 43 heavy (non-hydrogen) atoms. The van der Waals surface area contributed by atoms with E-state index >= 15 is 0 Å². The fourth-order valence-electron chi connectivity index (χ4n) is 5.05. The summed E-state index contributed by atoms with van der Waals surface area (Å²) >= 11 is 0. The van der Waals surface area contributed by atoms with Crippen LogP contribution < -0.4 is 5.19 Å². The maximum absolute atomic E-state index is 7.35. The quantitative estimate of drug-likeness (QED) is 0.133. The molecule has 0 saturated heterocycles. The van der Waals surface area contributed by atoms with E-state index in [0.717, 1.165) is 62.3 Å². The molecule has 7 aromatic rings. The Morgan fingerprint density at radius 3 is 2.47 bits per heavy atom. The minimum absolute atomic E-state index is 0. The number of pyridine rings is 2. The summed E-state index contributed by atoms with van der Waals surface area (Å²) in [4.78, 5) is 13.8. The summed E-state index contributed by atoms with van der Waals surface area (Å²) in [6.45, 7) is 9.68. The zero-order chi connectivity index (χ0) is 31.9. The van der Waals surface area contributed by atoms with Crippen molar-refractivity contribution in [2.75, 3.05) is 0 Å². The summed E-state index contributed by atoms with van der Waals surface area (Å²) in [5.41, 5.74) is 7.33. The number of imidazole rings is 1. The van der Waals surface area contributed by atoms with Gasteiger partial charge >= 0.3 is 0 Å². The molecule has 1 radical (unpaired) electrons. The minimum Gasteiger partial charge on any atom is -0.486 e. The molecule has 219 valence electrons. The van der Waals surface area contributed by atoms with E-state index in [1.165, 1.54) is 11.3 Å². The molecule has 4 heterocycles. The smallest absolute Gasteiger partial charge is 0.216 e. The zero-order valence-electron chi connectivity index (χ0n) is 27.8. The molecule has 0 amide bonds. The van der Waals surface area contributed by atoms with E-state index in [4.69, 9.17) is 13.5 Å². The number of furan rings is 1. The van der Waals surface area contributed by atoms with Crippen LogP contribution in [0.15, 0.2) is 89.5 Å². The standard InChI is InChI=1S/C21H16N3O.C15H18NSi.Ir/c1-3-24-18-10-5-4-9-17(18)23-20(24)16-8-6-7-14-15-12-11-13(2)22-21(15)25-19(14)16;1-12-5-7-13(8-6-12)15-10-9-14(11-16-15)17(2,3)4;/h4-7,9-12H,3H2,1-2H3;5-7,9-11H,1-4H3;/q2*-1;/i;1D3;. The molecule has 0 spiro atoms. The SMILES string of the molecule is CCn1c(-c2[c-]ccc3c2oc2nc(C)ccc23)nc2ccccc21.[2H]C([2H])([2H])c1c[c-]c(-c2ccc([Si](C)(C)C)cn2)cc1.[Ir]. The summed E-state index contributed by atoms with van der Waals surface area (Å²) in [6, 6.07) is 31.6. The summed E-state index contributed by atoms with van der Waals surface area (Å²) < 4.78 is 30.4. The Morgan fingerprint density at radius 2 is 1.77 bits per heavy atom. The summed E-state index contributed by atoms with van der Waals surface area (Å²) in [6.07, 6.45) is 1.92. The molecule has 0 bridgehead atoms. The first-order valence-electron chi connectivity index (χ1n) is 15.6. The van der Waals surface area contributed by atoms with Crippen LogP contribution in [0.4, 0.5) is 0 Å². The van der Waals surface area contributed by atoms with Crippen molar-refractivity contribution in [3.05, 3.63) is 108 Å². The maximum atomic E-state index is 7.35. The van der Waals surface area contributed by atoms with Gasteiger partial charge in [0.1, 0.15) is 0 Å². The van der Waals surface area contributed by atoms with Crippen LogP contribution in [-0.4, -0.2) is 27.6 Å². The fourth-order valence-corrected chi connectivity index (χ4v) is 6.08. The number of benzene rings is 3. The second kappa shape index (κ2) is 12.4.